The number of anilines is 1. The van der Waals surface area contributed by atoms with Crippen LogP contribution in [0, 0.1) is 6.92 Å². The maximum atomic E-state index is 12.7. The van der Waals surface area contributed by atoms with Crippen molar-refractivity contribution >= 4 is 16.0 Å². The number of β-amino-alcohol motifs (C(OH)–C–C–N with tert-alkyl or cyclic N) is 1. The van der Waals surface area contributed by atoms with Gasteiger partial charge in [0.05, 0.1) is 35.9 Å². The first kappa shape index (κ1) is 26.0. The molecule has 35 heavy (non-hydrogen) atoms. The average Bonchev–Trinajstić information content (AvgIpc) is 3.20. The fourth-order valence-corrected chi connectivity index (χ4v) is 6.08. The summed E-state index contributed by atoms with van der Waals surface area (Å²) in [6.07, 6.45) is 7.07. The molecule has 11 nitrogen and oxygen atoms in total. The Balaban J connectivity index is 1.30. The lowest BCUT2D eigenvalue weighted by Gasteiger charge is -2.36. The van der Waals surface area contributed by atoms with Crippen LogP contribution in [-0.4, -0.2) is 104 Å². The number of aryl methyl sites for hydroxylation is 1. The second kappa shape index (κ2) is 10.5. The number of nitrogens with one attached hydrogen (secondary N) is 1. The fraction of sp³-hybridized carbons (Fsp3) is 0.696. The van der Waals surface area contributed by atoms with Gasteiger partial charge in [0, 0.05) is 50.2 Å². The molecule has 0 spiro atoms. The van der Waals surface area contributed by atoms with Gasteiger partial charge in [-0.25, -0.2) is 22.7 Å². The van der Waals surface area contributed by atoms with Crippen LogP contribution in [-0.2, 0) is 16.6 Å². The zero-order valence-corrected chi connectivity index (χ0v) is 21.6. The molecule has 2 aromatic heterocycles. The number of likely N-dealkylation sites (tertiary alicyclic amines) is 1. The minimum atomic E-state index is -3.27. The van der Waals surface area contributed by atoms with Gasteiger partial charge in [-0.05, 0) is 52.1 Å². The Morgan fingerprint density at radius 1 is 1.20 bits per heavy atom. The Morgan fingerprint density at radius 3 is 2.57 bits per heavy atom. The molecule has 2 aliphatic rings. The van der Waals surface area contributed by atoms with E-state index in [1.54, 1.807) is 35.2 Å². The minimum Gasteiger partial charge on any atom is -0.390 e. The molecule has 2 aromatic rings. The van der Waals surface area contributed by atoms with Crippen LogP contribution < -0.4 is 5.32 Å². The molecule has 4 heterocycles. The van der Waals surface area contributed by atoms with Crippen LogP contribution in [0.3, 0.4) is 0 Å². The molecule has 2 saturated heterocycles. The molecule has 2 fully saturated rings. The number of aliphatic hydroxyl groups excluding tert-OH is 1. The van der Waals surface area contributed by atoms with Gasteiger partial charge in [-0.1, -0.05) is 0 Å². The van der Waals surface area contributed by atoms with Crippen molar-refractivity contribution < 1.29 is 18.6 Å². The number of rotatable bonds is 10. The van der Waals surface area contributed by atoms with E-state index in [-0.39, 0.29) is 17.9 Å². The Morgan fingerprint density at radius 2 is 1.91 bits per heavy atom. The van der Waals surface area contributed by atoms with Gasteiger partial charge in [0.1, 0.15) is 0 Å². The number of aromatic nitrogens is 4. The van der Waals surface area contributed by atoms with E-state index in [2.05, 4.69) is 20.3 Å². The molecule has 12 heteroatoms. The number of sulfonamides is 1. The van der Waals surface area contributed by atoms with Crippen LogP contribution in [0.4, 0.5) is 5.95 Å². The second-order valence-electron chi connectivity index (χ2n) is 10.4. The van der Waals surface area contributed by atoms with E-state index in [1.807, 2.05) is 13.1 Å². The van der Waals surface area contributed by atoms with Crippen LogP contribution in [0.1, 0.15) is 38.7 Å². The normalized spacial score (nSPS) is 19.1. The highest BCUT2D eigenvalue weighted by atomic mass is 32.2. The zero-order valence-electron chi connectivity index (χ0n) is 20.8. The maximum Gasteiger partial charge on any atom is 0.223 e. The van der Waals surface area contributed by atoms with Crippen molar-refractivity contribution in [1.29, 1.82) is 0 Å². The smallest absolute Gasteiger partial charge is 0.223 e. The van der Waals surface area contributed by atoms with Gasteiger partial charge in [0.2, 0.25) is 16.0 Å². The predicted octanol–water partition coefficient (Wildman–Crippen LogP) is 0.692. The van der Waals surface area contributed by atoms with Crippen molar-refractivity contribution in [3.8, 4) is 11.3 Å². The van der Waals surface area contributed by atoms with Crippen LogP contribution in [0.2, 0.25) is 0 Å². The van der Waals surface area contributed by atoms with E-state index >= 15 is 0 Å². The van der Waals surface area contributed by atoms with E-state index in [0.717, 1.165) is 16.8 Å². The Hall–Kier alpha value is -2.12. The monoisotopic (exact) mass is 507 g/mol. The SMILES string of the molecule is Cc1cnc(NC2CCN(S(=O)(=O)CCCN3CC(O)C3)CC2)nc1-c1cnn(CC(C)(C)O)c1. The first-order chi connectivity index (χ1) is 16.5. The van der Waals surface area contributed by atoms with Crippen molar-refractivity contribution in [2.24, 2.45) is 0 Å². The third-order valence-corrected chi connectivity index (χ3v) is 8.38. The van der Waals surface area contributed by atoms with E-state index < -0.39 is 15.6 Å². The zero-order chi connectivity index (χ0) is 25.2. The van der Waals surface area contributed by atoms with Crippen LogP contribution in [0.15, 0.2) is 18.6 Å². The third kappa shape index (κ3) is 6.98. The number of nitrogens with zero attached hydrogens (tertiary/aromatic N) is 6. The molecule has 0 saturated carbocycles. The largest absolute Gasteiger partial charge is 0.390 e. The Kier molecular flexibility index (Phi) is 7.77. The molecule has 4 rings (SSSR count). The molecule has 2 aliphatic heterocycles. The number of piperidine rings is 1. The van der Waals surface area contributed by atoms with Crippen molar-refractivity contribution in [1.82, 2.24) is 29.0 Å². The van der Waals surface area contributed by atoms with E-state index in [0.29, 0.717) is 64.5 Å². The van der Waals surface area contributed by atoms with Gasteiger partial charge in [0.25, 0.3) is 0 Å². The van der Waals surface area contributed by atoms with Crippen molar-refractivity contribution in [2.75, 3.05) is 43.8 Å². The predicted molar refractivity (Wildman–Crippen MR) is 133 cm³/mol. The van der Waals surface area contributed by atoms with Crippen LogP contribution in [0.5, 0.6) is 0 Å². The number of hydrogen-bond acceptors (Lipinski definition) is 9. The summed E-state index contributed by atoms with van der Waals surface area (Å²) in [5, 5.41) is 27.1. The highest BCUT2D eigenvalue weighted by molar-refractivity contribution is 7.89. The summed E-state index contributed by atoms with van der Waals surface area (Å²) in [4.78, 5) is 11.2. The summed E-state index contributed by atoms with van der Waals surface area (Å²) >= 11 is 0. The third-order valence-electron chi connectivity index (χ3n) is 6.42. The Bertz CT molecular complexity index is 1100. The van der Waals surface area contributed by atoms with E-state index in [4.69, 9.17) is 4.98 Å². The molecule has 194 valence electrons. The second-order valence-corrected chi connectivity index (χ2v) is 12.5. The van der Waals surface area contributed by atoms with E-state index in [9.17, 15) is 18.6 Å². The van der Waals surface area contributed by atoms with Gasteiger partial charge < -0.3 is 15.5 Å². The lowest BCUT2D eigenvalue weighted by molar-refractivity contribution is 0.00262. The van der Waals surface area contributed by atoms with Gasteiger partial charge >= 0.3 is 0 Å². The summed E-state index contributed by atoms with van der Waals surface area (Å²) in [7, 11) is -3.27. The van der Waals surface area contributed by atoms with Crippen molar-refractivity contribution in [3.63, 3.8) is 0 Å². The standard InChI is InChI=1S/C23H37N7O4S/c1-17-11-24-22(27-21(17)18-12-25-29(13-18)16-23(2,3)32)26-19-5-8-30(9-6-19)35(33,34)10-4-7-28-14-20(31)15-28/h11-13,19-20,31-32H,4-10,14-16H2,1-3H3,(H,24,26,27). The maximum absolute atomic E-state index is 12.7. The first-order valence-corrected chi connectivity index (χ1v) is 13.8. The topological polar surface area (TPSA) is 137 Å². The summed E-state index contributed by atoms with van der Waals surface area (Å²) < 4.78 is 28.7. The summed E-state index contributed by atoms with van der Waals surface area (Å²) in [5.41, 5.74) is 1.69. The minimum absolute atomic E-state index is 0.0949. The molecular formula is C23H37N7O4S. The van der Waals surface area contributed by atoms with E-state index in [1.165, 1.54) is 0 Å². The molecule has 0 bridgehead atoms. The first-order valence-electron chi connectivity index (χ1n) is 12.2. The van der Waals surface area contributed by atoms with Gasteiger partial charge in [-0.2, -0.15) is 5.10 Å². The summed E-state index contributed by atoms with van der Waals surface area (Å²) in [6, 6.07) is 0.0949. The van der Waals surface area contributed by atoms with Crippen LogP contribution in [0.25, 0.3) is 11.3 Å². The van der Waals surface area contributed by atoms with Gasteiger partial charge in [-0.15, -0.1) is 0 Å². The molecule has 3 N–H and O–H groups in total. The molecule has 0 unspecified atom stereocenters. The molecular weight excluding hydrogens is 470 g/mol. The lowest BCUT2D eigenvalue weighted by atomic mass is 10.1. The molecule has 0 amide bonds. The van der Waals surface area contributed by atoms with Crippen molar-refractivity contribution in [3.05, 3.63) is 24.2 Å². The highest BCUT2D eigenvalue weighted by Gasteiger charge is 2.29. The van der Waals surface area contributed by atoms with Crippen LogP contribution >= 0.6 is 0 Å². The quantitative estimate of drug-likeness (QED) is 0.424. The summed E-state index contributed by atoms with van der Waals surface area (Å²) in [6.45, 7) is 8.75. The Labute approximate surface area is 207 Å². The molecule has 0 atom stereocenters. The number of hydrogen-bond donors (Lipinski definition) is 3. The molecule has 0 aromatic carbocycles. The molecule has 0 aliphatic carbocycles. The lowest BCUT2D eigenvalue weighted by Crippen LogP contribution is -2.51. The number of aliphatic hydroxyl groups is 2. The average molecular weight is 508 g/mol. The fourth-order valence-electron chi connectivity index (χ4n) is 4.56. The highest BCUT2D eigenvalue weighted by Crippen LogP contribution is 2.24. The summed E-state index contributed by atoms with van der Waals surface area (Å²) in [5.74, 6) is 0.655. The van der Waals surface area contributed by atoms with Crippen molar-refractivity contribution in [2.45, 2.75) is 64.3 Å². The van der Waals surface area contributed by atoms with Gasteiger partial charge in [0.15, 0.2) is 0 Å². The van der Waals surface area contributed by atoms with Gasteiger partial charge in [-0.3, -0.25) is 9.58 Å². The molecule has 0 radical (unpaired) electrons.